The van der Waals surface area contributed by atoms with Gasteiger partial charge in [-0.1, -0.05) is 6.07 Å². The second-order valence-electron chi connectivity index (χ2n) is 5.70. The molecule has 0 saturated carbocycles. The lowest BCUT2D eigenvalue weighted by Gasteiger charge is -2.20. The Labute approximate surface area is 128 Å². The van der Waals surface area contributed by atoms with E-state index in [2.05, 4.69) is 5.32 Å². The molecule has 0 radical (unpaired) electrons. The van der Waals surface area contributed by atoms with E-state index in [1.165, 1.54) is 25.3 Å². The van der Waals surface area contributed by atoms with E-state index in [9.17, 15) is 14.7 Å². The summed E-state index contributed by atoms with van der Waals surface area (Å²) >= 11 is 0. The third kappa shape index (κ3) is 5.61. The minimum atomic E-state index is -1.19. The number of amides is 1. The van der Waals surface area contributed by atoms with Gasteiger partial charge in [-0.2, -0.15) is 0 Å². The highest BCUT2D eigenvalue weighted by molar-refractivity contribution is 5.85. The maximum absolute atomic E-state index is 11.7. The Bertz CT molecular complexity index is 549. The number of rotatable bonds is 5. The Morgan fingerprint density at radius 2 is 1.95 bits per heavy atom. The van der Waals surface area contributed by atoms with E-state index in [1.807, 2.05) is 0 Å². The number of ether oxygens (including phenoxy) is 2. The summed E-state index contributed by atoms with van der Waals surface area (Å²) in [6, 6.07) is 4.52. The fraction of sp³-hybridized carbons (Fsp3) is 0.467. The van der Waals surface area contributed by atoms with Crippen LogP contribution in [0.5, 0.6) is 5.75 Å². The molecule has 0 aliphatic carbocycles. The van der Waals surface area contributed by atoms with Crippen molar-refractivity contribution < 1.29 is 29.3 Å². The minimum absolute atomic E-state index is 0.280. The standard InChI is InChI=1S/C15H21NO6/c1-15(2,3)22-14(20)16-9-5-6-10(12(7-9)21-4)11(17)8-13(18)19/h5-7,11,17H,8H2,1-4H3,(H,16,20)(H,18,19)/t11-/m1/s1. The van der Waals surface area contributed by atoms with Crippen LogP contribution in [0.15, 0.2) is 18.2 Å². The SMILES string of the molecule is COc1cc(NC(=O)OC(C)(C)C)ccc1[C@H](O)CC(=O)O. The molecule has 0 aromatic heterocycles. The number of carboxylic acid groups (broad SMARTS) is 1. The van der Waals surface area contributed by atoms with Crippen molar-refractivity contribution in [1.29, 1.82) is 0 Å². The van der Waals surface area contributed by atoms with Gasteiger partial charge in [0.25, 0.3) is 0 Å². The average molecular weight is 311 g/mol. The monoisotopic (exact) mass is 311 g/mol. The molecular weight excluding hydrogens is 290 g/mol. The number of aliphatic carboxylic acids is 1. The van der Waals surface area contributed by atoms with Gasteiger partial charge >= 0.3 is 12.1 Å². The molecule has 0 heterocycles. The molecular formula is C15H21NO6. The van der Waals surface area contributed by atoms with E-state index >= 15 is 0 Å². The summed E-state index contributed by atoms with van der Waals surface area (Å²) in [6.07, 6.45) is -2.24. The van der Waals surface area contributed by atoms with Gasteiger partial charge in [0, 0.05) is 17.3 Å². The summed E-state index contributed by atoms with van der Waals surface area (Å²) in [7, 11) is 1.39. The van der Waals surface area contributed by atoms with Gasteiger partial charge in [-0.3, -0.25) is 10.1 Å². The van der Waals surface area contributed by atoms with E-state index in [1.54, 1.807) is 20.8 Å². The Kier molecular flexibility index (Phi) is 5.76. The maximum Gasteiger partial charge on any atom is 0.412 e. The summed E-state index contributed by atoms with van der Waals surface area (Å²) in [4.78, 5) is 22.3. The number of aliphatic hydroxyl groups excluding tert-OH is 1. The molecule has 0 saturated heterocycles. The van der Waals surface area contributed by atoms with Gasteiger partial charge in [0.05, 0.1) is 19.6 Å². The zero-order chi connectivity index (χ0) is 16.9. The number of hydrogen-bond donors (Lipinski definition) is 3. The van der Waals surface area contributed by atoms with E-state index < -0.39 is 30.2 Å². The molecule has 122 valence electrons. The van der Waals surface area contributed by atoms with Crippen molar-refractivity contribution in [3.8, 4) is 5.75 Å². The van der Waals surface area contributed by atoms with Crippen LogP contribution in [0.1, 0.15) is 38.9 Å². The van der Waals surface area contributed by atoms with Crippen molar-refractivity contribution in [3.05, 3.63) is 23.8 Å². The van der Waals surface area contributed by atoms with E-state index in [0.29, 0.717) is 11.3 Å². The van der Waals surface area contributed by atoms with Gasteiger partial charge in [0.2, 0.25) is 0 Å². The first-order valence-electron chi connectivity index (χ1n) is 6.70. The number of nitrogens with one attached hydrogen (secondary N) is 1. The fourth-order valence-corrected chi connectivity index (χ4v) is 1.76. The number of carbonyl (C=O) groups excluding carboxylic acids is 1. The van der Waals surface area contributed by atoms with Crippen LogP contribution < -0.4 is 10.1 Å². The Morgan fingerprint density at radius 3 is 2.45 bits per heavy atom. The van der Waals surface area contributed by atoms with Crippen LogP contribution in [0.4, 0.5) is 10.5 Å². The number of aliphatic hydroxyl groups is 1. The lowest BCUT2D eigenvalue weighted by Crippen LogP contribution is -2.27. The second-order valence-corrected chi connectivity index (χ2v) is 5.70. The van der Waals surface area contributed by atoms with Crippen molar-refractivity contribution in [2.45, 2.75) is 38.9 Å². The van der Waals surface area contributed by atoms with Crippen molar-refractivity contribution in [1.82, 2.24) is 0 Å². The van der Waals surface area contributed by atoms with Gasteiger partial charge in [-0.25, -0.2) is 4.79 Å². The highest BCUT2D eigenvalue weighted by Crippen LogP contribution is 2.30. The van der Waals surface area contributed by atoms with Crippen LogP contribution in [0.3, 0.4) is 0 Å². The predicted molar refractivity (Wildman–Crippen MR) is 80.1 cm³/mol. The molecule has 0 fully saturated rings. The largest absolute Gasteiger partial charge is 0.496 e. The summed E-state index contributed by atoms with van der Waals surface area (Å²) < 4.78 is 10.3. The normalized spacial score (nSPS) is 12.4. The molecule has 1 atom stereocenters. The van der Waals surface area contributed by atoms with Crippen LogP contribution in [0.25, 0.3) is 0 Å². The Morgan fingerprint density at radius 1 is 1.32 bits per heavy atom. The molecule has 0 aliphatic heterocycles. The van der Waals surface area contributed by atoms with Gasteiger partial charge in [0.15, 0.2) is 0 Å². The van der Waals surface area contributed by atoms with Crippen LogP contribution in [0.2, 0.25) is 0 Å². The quantitative estimate of drug-likeness (QED) is 0.772. The highest BCUT2D eigenvalue weighted by atomic mass is 16.6. The van der Waals surface area contributed by atoms with E-state index in [4.69, 9.17) is 14.6 Å². The van der Waals surface area contributed by atoms with Crippen molar-refractivity contribution >= 4 is 17.7 Å². The molecule has 1 aromatic rings. The number of carbonyl (C=O) groups is 2. The third-order valence-corrected chi connectivity index (χ3v) is 2.61. The molecule has 3 N–H and O–H groups in total. The van der Waals surface area contributed by atoms with Crippen molar-refractivity contribution in [2.75, 3.05) is 12.4 Å². The minimum Gasteiger partial charge on any atom is -0.496 e. The van der Waals surface area contributed by atoms with Crippen LogP contribution in [-0.2, 0) is 9.53 Å². The molecule has 0 spiro atoms. The maximum atomic E-state index is 11.7. The Balaban J connectivity index is 2.88. The van der Waals surface area contributed by atoms with Crippen molar-refractivity contribution in [2.24, 2.45) is 0 Å². The Hall–Kier alpha value is -2.28. The number of carboxylic acids is 1. The number of hydrogen-bond acceptors (Lipinski definition) is 5. The lowest BCUT2D eigenvalue weighted by molar-refractivity contribution is -0.139. The number of methoxy groups -OCH3 is 1. The summed E-state index contributed by atoms with van der Waals surface area (Å²) in [5.74, 6) is -0.840. The van der Waals surface area contributed by atoms with Gasteiger partial charge in [-0.05, 0) is 26.8 Å². The smallest absolute Gasteiger partial charge is 0.412 e. The van der Waals surface area contributed by atoms with Gasteiger partial charge in [-0.15, -0.1) is 0 Å². The van der Waals surface area contributed by atoms with E-state index in [0.717, 1.165) is 0 Å². The molecule has 0 aliphatic rings. The molecule has 1 amide bonds. The predicted octanol–water partition coefficient (Wildman–Crippen LogP) is 2.55. The first kappa shape index (κ1) is 17.8. The fourth-order valence-electron chi connectivity index (χ4n) is 1.76. The summed E-state index contributed by atoms with van der Waals surface area (Å²) in [6.45, 7) is 5.25. The molecule has 22 heavy (non-hydrogen) atoms. The first-order chi connectivity index (χ1) is 10.1. The van der Waals surface area contributed by atoms with Crippen LogP contribution in [-0.4, -0.2) is 35.0 Å². The molecule has 0 unspecified atom stereocenters. The number of benzene rings is 1. The topological polar surface area (TPSA) is 105 Å². The van der Waals surface area contributed by atoms with Gasteiger partial charge < -0.3 is 19.7 Å². The second kappa shape index (κ2) is 7.13. The molecule has 0 bridgehead atoms. The number of anilines is 1. The van der Waals surface area contributed by atoms with Crippen LogP contribution >= 0.6 is 0 Å². The molecule has 7 heteroatoms. The zero-order valence-corrected chi connectivity index (χ0v) is 13.0. The highest BCUT2D eigenvalue weighted by Gasteiger charge is 2.19. The lowest BCUT2D eigenvalue weighted by atomic mass is 10.0. The third-order valence-electron chi connectivity index (χ3n) is 2.61. The summed E-state index contributed by atoms with van der Waals surface area (Å²) in [5.41, 5.74) is 0.128. The first-order valence-corrected chi connectivity index (χ1v) is 6.70. The molecule has 7 nitrogen and oxygen atoms in total. The van der Waals surface area contributed by atoms with Crippen molar-refractivity contribution in [3.63, 3.8) is 0 Å². The molecule has 1 rings (SSSR count). The van der Waals surface area contributed by atoms with Gasteiger partial charge in [0.1, 0.15) is 11.4 Å². The zero-order valence-electron chi connectivity index (χ0n) is 13.0. The summed E-state index contributed by atoms with van der Waals surface area (Å²) in [5, 5.41) is 21.1. The van der Waals surface area contributed by atoms with E-state index in [-0.39, 0.29) is 5.75 Å². The average Bonchev–Trinajstić information content (AvgIpc) is 2.35. The molecule has 1 aromatic carbocycles. The van der Waals surface area contributed by atoms with Crippen LogP contribution in [0, 0.1) is 0 Å².